The Labute approximate surface area is 98.7 Å². The minimum absolute atomic E-state index is 0.113. The van der Waals surface area contributed by atoms with Gasteiger partial charge in [-0.15, -0.1) is 0 Å². The van der Waals surface area contributed by atoms with Crippen LogP contribution in [-0.4, -0.2) is 5.78 Å². The molecule has 0 saturated carbocycles. The maximum absolute atomic E-state index is 12.1. The Bertz CT molecular complexity index is 537. The van der Waals surface area contributed by atoms with E-state index in [2.05, 4.69) is 0 Å². The lowest BCUT2D eigenvalue weighted by atomic mass is 10.0. The van der Waals surface area contributed by atoms with Gasteiger partial charge in [0.05, 0.1) is 5.02 Å². The lowest BCUT2D eigenvalue weighted by molar-refractivity contribution is 0.103. The molecule has 2 aromatic rings. The highest BCUT2D eigenvalue weighted by molar-refractivity contribution is 6.35. The molecule has 0 spiro atoms. The Kier molecular flexibility index (Phi) is 2.93. The fourth-order valence-electron chi connectivity index (χ4n) is 1.48. The molecule has 0 heterocycles. The molecule has 0 aliphatic carbocycles. The van der Waals surface area contributed by atoms with E-state index in [1.807, 2.05) is 0 Å². The number of hydrogen-bond donors (Lipinski definition) is 1. The quantitative estimate of drug-likeness (QED) is 0.637. The SMILES string of the molecule is Nc1cccc(C(=O)c2ccccc2Cl)c1. The molecule has 3 heteroatoms. The van der Waals surface area contributed by atoms with Gasteiger partial charge in [-0.25, -0.2) is 0 Å². The number of nitrogen functional groups attached to an aromatic ring is 1. The van der Waals surface area contributed by atoms with Crippen molar-refractivity contribution in [2.45, 2.75) is 0 Å². The average Bonchev–Trinajstić information content (AvgIpc) is 2.29. The summed E-state index contributed by atoms with van der Waals surface area (Å²) in [6.07, 6.45) is 0. The lowest BCUT2D eigenvalue weighted by Gasteiger charge is -2.03. The Morgan fingerprint density at radius 3 is 2.50 bits per heavy atom. The van der Waals surface area contributed by atoms with Gasteiger partial charge in [-0.3, -0.25) is 4.79 Å². The van der Waals surface area contributed by atoms with Crippen LogP contribution in [0, 0.1) is 0 Å². The molecule has 2 nitrogen and oxygen atoms in total. The molecule has 0 amide bonds. The molecule has 0 aliphatic rings. The lowest BCUT2D eigenvalue weighted by Crippen LogP contribution is -2.02. The molecule has 16 heavy (non-hydrogen) atoms. The van der Waals surface area contributed by atoms with Gasteiger partial charge in [0.15, 0.2) is 5.78 Å². The Balaban J connectivity index is 2.44. The smallest absolute Gasteiger partial charge is 0.194 e. The van der Waals surface area contributed by atoms with Gasteiger partial charge < -0.3 is 5.73 Å². The minimum atomic E-state index is -0.113. The van der Waals surface area contributed by atoms with Crippen molar-refractivity contribution in [3.63, 3.8) is 0 Å². The van der Waals surface area contributed by atoms with Gasteiger partial charge in [-0.05, 0) is 24.3 Å². The first-order valence-electron chi connectivity index (χ1n) is 4.83. The summed E-state index contributed by atoms with van der Waals surface area (Å²) in [5.41, 5.74) is 7.24. The summed E-state index contributed by atoms with van der Waals surface area (Å²) in [4.78, 5) is 12.1. The van der Waals surface area contributed by atoms with Gasteiger partial charge >= 0.3 is 0 Å². The van der Waals surface area contributed by atoms with Crippen molar-refractivity contribution in [2.75, 3.05) is 5.73 Å². The van der Waals surface area contributed by atoms with E-state index in [1.54, 1.807) is 48.5 Å². The Hall–Kier alpha value is -1.80. The summed E-state index contributed by atoms with van der Waals surface area (Å²) >= 11 is 5.96. The Morgan fingerprint density at radius 1 is 1.06 bits per heavy atom. The number of halogens is 1. The minimum Gasteiger partial charge on any atom is -0.399 e. The highest BCUT2D eigenvalue weighted by atomic mass is 35.5. The van der Waals surface area contributed by atoms with Gasteiger partial charge in [0, 0.05) is 16.8 Å². The monoisotopic (exact) mass is 231 g/mol. The third-order valence-electron chi connectivity index (χ3n) is 2.27. The normalized spacial score (nSPS) is 10.1. The van der Waals surface area contributed by atoms with Crippen molar-refractivity contribution in [1.29, 1.82) is 0 Å². The van der Waals surface area contributed by atoms with Gasteiger partial charge in [-0.1, -0.05) is 35.9 Å². The molecular formula is C13H10ClNO. The summed E-state index contributed by atoms with van der Waals surface area (Å²) in [7, 11) is 0. The summed E-state index contributed by atoms with van der Waals surface area (Å²) in [5.74, 6) is -0.113. The van der Waals surface area contributed by atoms with Crippen molar-refractivity contribution < 1.29 is 4.79 Å². The van der Waals surface area contributed by atoms with E-state index in [-0.39, 0.29) is 5.78 Å². The van der Waals surface area contributed by atoms with Crippen LogP contribution >= 0.6 is 11.6 Å². The number of rotatable bonds is 2. The summed E-state index contributed by atoms with van der Waals surface area (Å²) in [6, 6.07) is 13.8. The second-order valence-corrected chi connectivity index (χ2v) is 3.84. The van der Waals surface area contributed by atoms with E-state index in [4.69, 9.17) is 17.3 Å². The standard InChI is InChI=1S/C13H10ClNO/c14-12-7-2-1-6-11(12)13(16)9-4-3-5-10(15)8-9/h1-8H,15H2. The summed E-state index contributed by atoms with van der Waals surface area (Å²) in [6.45, 7) is 0. The zero-order valence-electron chi connectivity index (χ0n) is 8.48. The van der Waals surface area contributed by atoms with Crippen molar-refractivity contribution >= 4 is 23.1 Å². The van der Waals surface area contributed by atoms with E-state index in [0.717, 1.165) is 0 Å². The van der Waals surface area contributed by atoms with Gasteiger partial charge in [0.25, 0.3) is 0 Å². The summed E-state index contributed by atoms with van der Waals surface area (Å²) in [5, 5.41) is 0.454. The number of anilines is 1. The van der Waals surface area contributed by atoms with E-state index < -0.39 is 0 Å². The van der Waals surface area contributed by atoms with Crippen LogP contribution in [0.3, 0.4) is 0 Å². The third kappa shape index (κ3) is 2.07. The molecule has 80 valence electrons. The zero-order valence-corrected chi connectivity index (χ0v) is 9.24. The molecule has 0 saturated heterocycles. The number of ketones is 1. The van der Waals surface area contributed by atoms with Crippen LogP contribution < -0.4 is 5.73 Å². The van der Waals surface area contributed by atoms with Crippen LogP contribution in [0.4, 0.5) is 5.69 Å². The van der Waals surface area contributed by atoms with E-state index in [9.17, 15) is 4.79 Å². The molecule has 2 aromatic carbocycles. The first kappa shape index (κ1) is 10.7. The van der Waals surface area contributed by atoms with E-state index in [1.165, 1.54) is 0 Å². The topological polar surface area (TPSA) is 43.1 Å². The van der Waals surface area contributed by atoms with Crippen molar-refractivity contribution in [3.05, 3.63) is 64.7 Å². The maximum Gasteiger partial charge on any atom is 0.194 e. The molecule has 0 fully saturated rings. The predicted octanol–water partition coefficient (Wildman–Crippen LogP) is 3.15. The molecule has 0 radical (unpaired) electrons. The van der Waals surface area contributed by atoms with Crippen LogP contribution in [0.15, 0.2) is 48.5 Å². The van der Waals surface area contributed by atoms with E-state index >= 15 is 0 Å². The van der Waals surface area contributed by atoms with Gasteiger partial charge in [0.2, 0.25) is 0 Å². The second kappa shape index (κ2) is 4.37. The molecule has 2 rings (SSSR count). The Morgan fingerprint density at radius 2 is 1.81 bits per heavy atom. The third-order valence-corrected chi connectivity index (χ3v) is 2.60. The van der Waals surface area contributed by atoms with Crippen molar-refractivity contribution in [1.82, 2.24) is 0 Å². The zero-order chi connectivity index (χ0) is 11.5. The maximum atomic E-state index is 12.1. The second-order valence-electron chi connectivity index (χ2n) is 3.43. The average molecular weight is 232 g/mol. The van der Waals surface area contributed by atoms with Gasteiger partial charge in [-0.2, -0.15) is 0 Å². The van der Waals surface area contributed by atoms with E-state index in [0.29, 0.717) is 21.8 Å². The van der Waals surface area contributed by atoms with Crippen LogP contribution in [0.1, 0.15) is 15.9 Å². The molecule has 0 aromatic heterocycles. The van der Waals surface area contributed by atoms with Crippen LogP contribution in [0.5, 0.6) is 0 Å². The van der Waals surface area contributed by atoms with Crippen LogP contribution in [0.2, 0.25) is 5.02 Å². The summed E-state index contributed by atoms with van der Waals surface area (Å²) < 4.78 is 0. The fraction of sp³-hybridized carbons (Fsp3) is 0. The molecule has 0 unspecified atom stereocenters. The molecule has 0 aliphatic heterocycles. The number of benzene rings is 2. The highest BCUT2D eigenvalue weighted by Crippen LogP contribution is 2.19. The number of carbonyl (C=O) groups excluding carboxylic acids is 1. The molecule has 0 bridgehead atoms. The number of nitrogens with two attached hydrogens (primary N) is 1. The predicted molar refractivity (Wildman–Crippen MR) is 65.7 cm³/mol. The molecular weight excluding hydrogens is 222 g/mol. The van der Waals surface area contributed by atoms with Crippen LogP contribution in [0.25, 0.3) is 0 Å². The fourth-order valence-corrected chi connectivity index (χ4v) is 1.70. The number of carbonyl (C=O) groups is 1. The van der Waals surface area contributed by atoms with Crippen LogP contribution in [-0.2, 0) is 0 Å². The first-order chi connectivity index (χ1) is 7.68. The number of hydrogen-bond acceptors (Lipinski definition) is 2. The first-order valence-corrected chi connectivity index (χ1v) is 5.21. The van der Waals surface area contributed by atoms with Gasteiger partial charge in [0.1, 0.15) is 0 Å². The molecule has 2 N–H and O–H groups in total. The van der Waals surface area contributed by atoms with Crippen molar-refractivity contribution in [2.24, 2.45) is 0 Å². The highest BCUT2D eigenvalue weighted by Gasteiger charge is 2.11. The van der Waals surface area contributed by atoms with Crippen molar-refractivity contribution in [3.8, 4) is 0 Å². The largest absolute Gasteiger partial charge is 0.399 e. The molecule has 0 atom stereocenters.